The highest BCUT2D eigenvalue weighted by atomic mass is 19.1. The molecule has 0 aromatic rings. The molecular formula is C31H45FN4O6. The number of piperazine rings is 1. The largest absolute Gasteiger partial charge is 0.450 e. The summed E-state index contributed by atoms with van der Waals surface area (Å²) in [6.45, 7) is 5.98. The lowest BCUT2D eigenvalue weighted by atomic mass is 9.63. The summed E-state index contributed by atoms with van der Waals surface area (Å²) in [5, 5.41) is 0. The number of hydrogen-bond acceptors (Lipinski definition) is 8. The second-order valence-electron chi connectivity index (χ2n) is 13.2. The van der Waals surface area contributed by atoms with Crippen molar-refractivity contribution in [3.8, 4) is 0 Å². The van der Waals surface area contributed by atoms with Crippen LogP contribution in [0.3, 0.4) is 0 Å². The lowest BCUT2D eigenvalue weighted by Crippen LogP contribution is -2.75. The minimum Gasteiger partial charge on any atom is -0.450 e. The molecule has 0 bridgehead atoms. The third kappa shape index (κ3) is 4.83. The molecule has 4 aliphatic heterocycles. The number of rotatable bonds is 3. The van der Waals surface area contributed by atoms with Gasteiger partial charge in [0.05, 0.1) is 55.7 Å². The van der Waals surface area contributed by atoms with Crippen LogP contribution in [0.1, 0.15) is 51.9 Å². The molecule has 2 amide bonds. The zero-order chi connectivity index (χ0) is 29.0. The number of carbonyl (C=O) groups excluding carboxylic acids is 3. The molecule has 3 saturated heterocycles. The predicted molar refractivity (Wildman–Crippen MR) is 150 cm³/mol. The second kappa shape index (κ2) is 11.7. The van der Waals surface area contributed by atoms with Crippen molar-refractivity contribution in [2.45, 2.75) is 88.4 Å². The normalized spacial score (nSPS) is 40.4. The van der Waals surface area contributed by atoms with Gasteiger partial charge in [-0.2, -0.15) is 0 Å². The third-order valence-electron chi connectivity index (χ3n) is 11.2. The molecule has 0 spiro atoms. The summed E-state index contributed by atoms with van der Waals surface area (Å²) in [4.78, 5) is 48.0. The maximum absolute atomic E-state index is 16.4. The van der Waals surface area contributed by atoms with Crippen molar-refractivity contribution in [2.75, 3.05) is 59.1 Å². The standard InChI is InChI=1S/C31H45FN4O6/c1-2-41-31(39)35-11-9-33(10-12-35)27-23(32)17-21-26-29(27)42-24-8-7-19-5-3-4-6-20(19)25(24)36(26)18-22(28(21)37)30(38)34-13-15-40-16-14-34/h18-21,23-27,29H,2-17H2,1H3. The van der Waals surface area contributed by atoms with Crippen LogP contribution in [0.25, 0.3) is 0 Å². The van der Waals surface area contributed by atoms with Crippen LogP contribution in [0.2, 0.25) is 0 Å². The Hall–Kier alpha value is -2.24. The molecule has 0 aromatic carbocycles. The van der Waals surface area contributed by atoms with Gasteiger partial charge < -0.3 is 28.9 Å². The van der Waals surface area contributed by atoms with E-state index in [-0.39, 0.29) is 48.0 Å². The number of nitrogens with zero attached hydrogens (tertiary/aromatic N) is 4. The summed E-state index contributed by atoms with van der Waals surface area (Å²) in [5.74, 6) is -0.00350. The van der Waals surface area contributed by atoms with E-state index < -0.39 is 24.2 Å². The number of ketones is 1. The van der Waals surface area contributed by atoms with E-state index in [0.717, 1.165) is 19.3 Å². The summed E-state index contributed by atoms with van der Waals surface area (Å²) >= 11 is 0. The maximum atomic E-state index is 16.4. The molecular weight excluding hydrogens is 543 g/mol. The van der Waals surface area contributed by atoms with Crippen LogP contribution in [0.5, 0.6) is 0 Å². The highest BCUT2D eigenvalue weighted by Gasteiger charge is 2.61. The average Bonchev–Trinajstić information content (AvgIpc) is 3.02. The topological polar surface area (TPSA) is 91.9 Å². The Morgan fingerprint density at radius 1 is 0.952 bits per heavy atom. The number of carbonyl (C=O) groups is 3. The Morgan fingerprint density at radius 2 is 1.71 bits per heavy atom. The third-order valence-corrected chi connectivity index (χ3v) is 11.2. The number of Topliss-reactive ketones (excluding diaryl/α,β-unsaturated/α-hetero) is 1. The molecule has 9 atom stereocenters. The number of hydrogen-bond donors (Lipinski definition) is 0. The van der Waals surface area contributed by atoms with E-state index in [2.05, 4.69) is 9.80 Å². The number of halogens is 1. The molecule has 0 aromatic heterocycles. The smallest absolute Gasteiger partial charge is 0.409 e. The van der Waals surface area contributed by atoms with E-state index in [0.29, 0.717) is 70.9 Å². The molecule has 6 fully saturated rings. The first-order chi connectivity index (χ1) is 20.5. The number of amides is 2. The van der Waals surface area contributed by atoms with Crippen molar-refractivity contribution in [3.05, 3.63) is 11.8 Å². The average molecular weight is 589 g/mol. The van der Waals surface area contributed by atoms with Crippen LogP contribution < -0.4 is 0 Å². The highest BCUT2D eigenvalue weighted by molar-refractivity contribution is 6.20. The van der Waals surface area contributed by atoms with Gasteiger partial charge in [0.1, 0.15) is 6.17 Å². The van der Waals surface area contributed by atoms with E-state index in [1.165, 1.54) is 19.3 Å². The highest BCUT2D eigenvalue weighted by Crippen LogP contribution is 2.51. The van der Waals surface area contributed by atoms with E-state index in [9.17, 15) is 14.4 Å². The summed E-state index contributed by atoms with van der Waals surface area (Å²) in [7, 11) is 0. The van der Waals surface area contributed by atoms with Gasteiger partial charge >= 0.3 is 6.09 Å². The Kier molecular flexibility index (Phi) is 7.94. The van der Waals surface area contributed by atoms with Gasteiger partial charge in [0.25, 0.3) is 5.91 Å². The van der Waals surface area contributed by atoms with E-state index in [1.54, 1.807) is 16.7 Å². The van der Waals surface area contributed by atoms with Crippen molar-refractivity contribution in [3.63, 3.8) is 0 Å². The first-order valence-electron chi connectivity index (χ1n) is 16.3. The van der Waals surface area contributed by atoms with Crippen LogP contribution in [0.4, 0.5) is 9.18 Å². The molecule has 4 heterocycles. The molecule has 10 nitrogen and oxygen atoms in total. The fourth-order valence-corrected chi connectivity index (χ4v) is 9.33. The van der Waals surface area contributed by atoms with Gasteiger partial charge in [-0.15, -0.1) is 0 Å². The molecule has 0 radical (unpaired) electrons. The minimum absolute atomic E-state index is 0.0518. The molecule has 11 heteroatoms. The molecule has 42 heavy (non-hydrogen) atoms. The van der Waals surface area contributed by atoms with Crippen LogP contribution >= 0.6 is 0 Å². The van der Waals surface area contributed by atoms with Crippen molar-refractivity contribution in [1.29, 1.82) is 0 Å². The summed E-state index contributed by atoms with van der Waals surface area (Å²) in [6, 6.07) is -0.688. The summed E-state index contributed by atoms with van der Waals surface area (Å²) in [5.41, 5.74) is 0.212. The van der Waals surface area contributed by atoms with Gasteiger partial charge in [0, 0.05) is 51.4 Å². The van der Waals surface area contributed by atoms with Gasteiger partial charge in [-0.25, -0.2) is 9.18 Å². The van der Waals surface area contributed by atoms with Gasteiger partial charge in [-0.05, 0) is 44.4 Å². The lowest BCUT2D eigenvalue weighted by molar-refractivity contribution is -0.228. The molecule has 7 rings (SSSR count). The fourth-order valence-electron chi connectivity index (χ4n) is 9.33. The van der Waals surface area contributed by atoms with Gasteiger partial charge in [0.15, 0.2) is 5.78 Å². The zero-order valence-corrected chi connectivity index (χ0v) is 24.7. The number of alkyl halides is 1. The molecule has 0 N–H and O–H groups in total. The van der Waals surface area contributed by atoms with Crippen molar-refractivity contribution >= 4 is 17.8 Å². The van der Waals surface area contributed by atoms with Gasteiger partial charge in [-0.1, -0.05) is 19.3 Å². The molecule has 3 saturated carbocycles. The molecule has 9 unspecified atom stereocenters. The van der Waals surface area contributed by atoms with Crippen molar-refractivity contribution < 1.29 is 33.0 Å². The van der Waals surface area contributed by atoms with E-state index in [4.69, 9.17) is 14.2 Å². The fraction of sp³-hybridized carbons (Fsp3) is 0.839. The Labute approximate surface area is 247 Å². The van der Waals surface area contributed by atoms with Gasteiger partial charge in [-0.3, -0.25) is 14.5 Å². The Bertz CT molecular complexity index is 1090. The summed E-state index contributed by atoms with van der Waals surface area (Å²) in [6.07, 6.45) is 6.68. The lowest BCUT2D eigenvalue weighted by Gasteiger charge is -2.63. The SMILES string of the molecule is CCOC(=O)N1CCN(C2C(F)CC3C(=O)C(C(=O)N4CCOCC4)=CN4C5C(CCC6CCCCC65)OC2C34)CC1. The van der Waals surface area contributed by atoms with Crippen LogP contribution in [0, 0.1) is 17.8 Å². The first-order valence-corrected chi connectivity index (χ1v) is 16.3. The predicted octanol–water partition coefficient (Wildman–Crippen LogP) is 2.22. The first kappa shape index (κ1) is 28.5. The Morgan fingerprint density at radius 3 is 2.48 bits per heavy atom. The number of fused-ring (bicyclic) bond motifs is 4. The number of ether oxygens (including phenoxy) is 3. The number of morpholine rings is 2. The van der Waals surface area contributed by atoms with E-state index in [1.807, 2.05) is 6.20 Å². The molecule has 7 aliphatic rings. The molecule has 232 valence electrons. The van der Waals surface area contributed by atoms with Crippen LogP contribution in [-0.2, 0) is 23.8 Å². The molecule has 3 aliphatic carbocycles. The second-order valence-corrected chi connectivity index (χ2v) is 13.2. The van der Waals surface area contributed by atoms with E-state index >= 15 is 4.39 Å². The summed E-state index contributed by atoms with van der Waals surface area (Å²) < 4.78 is 34.0. The minimum atomic E-state index is -1.27. The quantitative estimate of drug-likeness (QED) is 0.464. The monoisotopic (exact) mass is 588 g/mol. The maximum Gasteiger partial charge on any atom is 0.409 e. The van der Waals surface area contributed by atoms with Crippen LogP contribution in [0.15, 0.2) is 11.8 Å². The van der Waals surface area contributed by atoms with Gasteiger partial charge in [0.2, 0.25) is 0 Å². The Balaban J connectivity index is 1.21. The van der Waals surface area contributed by atoms with Crippen molar-refractivity contribution in [2.24, 2.45) is 17.8 Å². The van der Waals surface area contributed by atoms with Crippen LogP contribution in [-0.4, -0.2) is 133 Å². The zero-order valence-electron chi connectivity index (χ0n) is 24.7. The van der Waals surface area contributed by atoms with Crippen molar-refractivity contribution in [1.82, 2.24) is 19.6 Å².